The molecule has 0 aliphatic heterocycles. The van der Waals surface area contributed by atoms with Gasteiger partial charge in [-0.05, 0) is 58.8 Å². The van der Waals surface area contributed by atoms with E-state index in [-0.39, 0.29) is 20.1 Å². The van der Waals surface area contributed by atoms with E-state index in [2.05, 4.69) is 76.6 Å². The van der Waals surface area contributed by atoms with Crippen molar-refractivity contribution >= 4 is 60.3 Å². The van der Waals surface area contributed by atoms with Crippen LogP contribution in [0, 0.1) is 26.0 Å². The minimum Gasteiger partial charge on any atom is 0 e. The molecule has 7 rings (SSSR count). The van der Waals surface area contributed by atoms with E-state index in [1.165, 1.54) is 14.7 Å². The average Bonchev–Trinajstić information content (AvgIpc) is 3.53. The number of benzene rings is 3. The van der Waals surface area contributed by atoms with Gasteiger partial charge >= 0.3 is 99.8 Å². The molecule has 0 unspecified atom stereocenters. The quantitative estimate of drug-likeness (QED) is 0.131. The summed E-state index contributed by atoms with van der Waals surface area (Å²) in [6, 6.07) is 31.2. The van der Waals surface area contributed by atoms with Gasteiger partial charge in [0.05, 0.1) is 4.70 Å². The van der Waals surface area contributed by atoms with Crippen LogP contribution in [0.1, 0.15) is 37.8 Å². The summed E-state index contributed by atoms with van der Waals surface area (Å²) in [6.07, 6.45) is 3.90. The average molecular weight is 835 g/mol. The zero-order valence-corrected chi connectivity index (χ0v) is 31.4. The molecule has 0 N–H and O–H groups in total. The molecule has 0 saturated carbocycles. The zero-order valence-electron chi connectivity index (χ0n) is 27.1. The number of rotatable bonds is 4. The van der Waals surface area contributed by atoms with Gasteiger partial charge in [0.1, 0.15) is 11.2 Å². The fraction of sp³-hybridized carbons (Fsp3) is 0.211. The number of aromatic nitrogens is 2. The zero-order chi connectivity index (χ0) is 31.2. The first-order valence-corrected chi connectivity index (χ1v) is 22.7. The van der Waals surface area contributed by atoms with Crippen LogP contribution in [-0.2, 0) is 20.1 Å². The first-order chi connectivity index (χ1) is 20.9. The van der Waals surface area contributed by atoms with Gasteiger partial charge in [-0.15, -0.1) is 23.8 Å². The van der Waals surface area contributed by atoms with Gasteiger partial charge < -0.3 is 9.40 Å². The molecule has 44 heavy (non-hydrogen) atoms. The Labute approximate surface area is 281 Å². The topological polar surface area (TPSA) is 38.9 Å². The minimum atomic E-state index is -1.72. The first kappa shape index (κ1) is 30.9. The SMILES string of the molecule is [2H]C(C)(C)c1cc(-c2[c-]ccc3c2sc2c4cc(C)ccc4oc32)ncc1C.[CH3][Ge]([CH3])([CH3])[c]1ccc(-c2[c-]cccc2)nc1.[Ir]. The molecular weight excluding hydrogens is 797 g/mol. The molecule has 4 heterocycles. The Hall–Kier alpha value is -3.09. The Morgan fingerprint density at radius 2 is 1.64 bits per heavy atom. The van der Waals surface area contributed by atoms with Crippen molar-refractivity contribution in [1.82, 2.24) is 9.97 Å². The van der Waals surface area contributed by atoms with Crippen LogP contribution in [0.25, 0.3) is 53.9 Å². The number of nitrogens with zero attached hydrogens (tertiary/aromatic N) is 2. The third-order valence-corrected chi connectivity index (χ3v) is 13.2. The van der Waals surface area contributed by atoms with Crippen LogP contribution in [0.15, 0.2) is 89.6 Å². The van der Waals surface area contributed by atoms with Gasteiger partial charge in [-0.2, -0.15) is 11.3 Å². The van der Waals surface area contributed by atoms with E-state index in [1.807, 2.05) is 75.6 Å². The van der Waals surface area contributed by atoms with E-state index in [9.17, 15) is 0 Å². The van der Waals surface area contributed by atoms with E-state index in [1.54, 1.807) is 11.3 Å². The normalized spacial score (nSPS) is 12.1. The van der Waals surface area contributed by atoms with Crippen molar-refractivity contribution in [3.8, 4) is 22.5 Å². The Morgan fingerprint density at radius 1 is 0.841 bits per heavy atom. The summed E-state index contributed by atoms with van der Waals surface area (Å²) in [5.41, 5.74) is 9.02. The number of fused-ring (bicyclic) bond motifs is 5. The number of hydrogen-bond donors (Lipinski definition) is 0. The summed E-state index contributed by atoms with van der Waals surface area (Å²) >= 11 is 0.0178. The molecule has 0 atom stereocenters. The number of hydrogen-bond acceptors (Lipinski definition) is 4. The predicted molar refractivity (Wildman–Crippen MR) is 186 cm³/mol. The van der Waals surface area contributed by atoms with Crippen LogP contribution in [0.2, 0.25) is 17.3 Å². The van der Waals surface area contributed by atoms with Crippen LogP contribution in [0.3, 0.4) is 0 Å². The smallest absolute Gasteiger partial charge is 0 e. The van der Waals surface area contributed by atoms with Crippen LogP contribution >= 0.6 is 11.3 Å². The van der Waals surface area contributed by atoms with Crippen LogP contribution in [-0.4, -0.2) is 23.2 Å². The molecule has 0 saturated heterocycles. The maximum atomic E-state index is 8.46. The molecule has 0 spiro atoms. The Morgan fingerprint density at radius 3 is 2.32 bits per heavy atom. The van der Waals surface area contributed by atoms with Gasteiger partial charge in [0.25, 0.3) is 0 Å². The molecule has 0 bridgehead atoms. The standard InChI is InChI=1S/C24H20NOS.C14H16GeN.Ir/c1-13(2)18-11-20(25-12-15(18)4)16-6-5-7-17-22-24(27-23(16)17)19-10-14(3)8-9-21(19)26-22;1-15(2,3)13-9-10-14(16-11-13)12-7-5-4-6-8-12;/h5,7-13H,1-4H3;4-7,9-11H,1-3H3;/q2*-1;/i13D;;. The molecule has 4 aromatic heterocycles. The number of furan rings is 1. The summed E-state index contributed by atoms with van der Waals surface area (Å²) in [5.74, 6) is 6.47. The largest absolute Gasteiger partial charge is 0 e. The summed E-state index contributed by atoms with van der Waals surface area (Å²) in [4.78, 5) is 9.20. The molecule has 3 nitrogen and oxygen atoms in total. The molecule has 0 amide bonds. The summed E-state index contributed by atoms with van der Waals surface area (Å²) in [7, 11) is 0. The van der Waals surface area contributed by atoms with Crippen molar-refractivity contribution in [3.63, 3.8) is 0 Å². The van der Waals surface area contributed by atoms with Gasteiger partial charge in [0.2, 0.25) is 0 Å². The molecule has 0 fully saturated rings. The summed E-state index contributed by atoms with van der Waals surface area (Å²) < 4.78 is 18.4. The molecule has 0 aliphatic rings. The Bertz CT molecular complexity index is 2110. The van der Waals surface area contributed by atoms with Crippen molar-refractivity contribution in [3.05, 3.63) is 114 Å². The number of pyridine rings is 2. The van der Waals surface area contributed by atoms with Crippen molar-refractivity contribution in [1.29, 1.82) is 0 Å². The van der Waals surface area contributed by atoms with Crippen molar-refractivity contribution in [2.45, 2.75) is 50.9 Å². The van der Waals surface area contributed by atoms with Gasteiger partial charge in [-0.3, -0.25) is 0 Å². The fourth-order valence-corrected chi connectivity index (χ4v) is 8.70. The molecule has 7 aromatic rings. The Balaban J connectivity index is 0.000000202. The third kappa shape index (κ3) is 6.48. The van der Waals surface area contributed by atoms with Gasteiger partial charge in [-0.25, -0.2) is 0 Å². The van der Waals surface area contributed by atoms with E-state index < -0.39 is 19.2 Å². The van der Waals surface area contributed by atoms with Crippen LogP contribution in [0.4, 0.5) is 0 Å². The maximum Gasteiger partial charge on any atom is 0 e. The number of aryl methyl sites for hydroxylation is 2. The minimum absolute atomic E-state index is 0. The van der Waals surface area contributed by atoms with E-state index >= 15 is 0 Å². The first-order valence-electron chi connectivity index (χ1n) is 15.1. The Kier molecular flexibility index (Phi) is 9.21. The van der Waals surface area contributed by atoms with E-state index in [0.29, 0.717) is 0 Å². The number of thiophene rings is 1. The van der Waals surface area contributed by atoms with Crippen molar-refractivity contribution < 1.29 is 25.9 Å². The molecular formula is C38H36GeIrN2OS-2. The second-order valence-electron chi connectivity index (χ2n) is 12.3. The molecule has 0 aliphatic carbocycles. The van der Waals surface area contributed by atoms with Gasteiger partial charge in [0.15, 0.2) is 0 Å². The van der Waals surface area contributed by atoms with Gasteiger partial charge in [-0.1, -0.05) is 31.5 Å². The van der Waals surface area contributed by atoms with Crippen LogP contribution in [0.5, 0.6) is 0 Å². The van der Waals surface area contributed by atoms with Gasteiger partial charge in [0, 0.05) is 33.1 Å². The predicted octanol–water partition coefficient (Wildman–Crippen LogP) is 10.5. The van der Waals surface area contributed by atoms with Crippen molar-refractivity contribution in [2.75, 3.05) is 0 Å². The molecule has 6 heteroatoms. The molecule has 1 radical (unpaired) electrons. The second kappa shape index (κ2) is 13.1. The third-order valence-electron chi connectivity index (χ3n) is 7.71. The monoisotopic (exact) mass is 836 g/mol. The summed E-state index contributed by atoms with van der Waals surface area (Å²) in [6.45, 7) is 7.94. The van der Waals surface area contributed by atoms with E-state index in [4.69, 9.17) is 5.79 Å². The van der Waals surface area contributed by atoms with Crippen LogP contribution < -0.4 is 4.40 Å². The maximum absolute atomic E-state index is 8.46. The molecule has 3 aromatic carbocycles. The molecule has 225 valence electrons. The second-order valence-corrected chi connectivity index (χ2v) is 24.0. The fourth-order valence-electron chi connectivity index (χ4n) is 5.28. The van der Waals surface area contributed by atoms with E-state index in [0.717, 1.165) is 60.3 Å². The van der Waals surface area contributed by atoms with Crippen molar-refractivity contribution in [2.24, 2.45) is 0 Å². The summed E-state index contributed by atoms with van der Waals surface area (Å²) in [5, 5.41) is 2.25.